The maximum Gasteiger partial charge on any atom is 0.254 e. The first kappa shape index (κ1) is 20.2. The zero-order valence-corrected chi connectivity index (χ0v) is 17.1. The number of anilines is 1. The van der Waals surface area contributed by atoms with E-state index in [9.17, 15) is 9.59 Å². The summed E-state index contributed by atoms with van der Waals surface area (Å²) in [6.07, 6.45) is 1.00. The molecule has 0 saturated heterocycles. The summed E-state index contributed by atoms with van der Waals surface area (Å²) < 4.78 is 5.75. The van der Waals surface area contributed by atoms with Crippen LogP contribution in [0, 0.1) is 5.92 Å². The third kappa shape index (κ3) is 4.47. The van der Waals surface area contributed by atoms with Gasteiger partial charge in [0.1, 0.15) is 11.8 Å². The second-order valence-electron chi connectivity index (χ2n) is 7.41. The Hall–Kier alpha value is -2.53. The molecule has 1 N–H and O–H groups in total. The summed E-state index contributed by atoms with van der Waals surface area (Å²) in [5, 5.41) is 3.22. The van der Waals surface area contributed by atoms with E-state index < -0.39 is 6.04 Å². The second kappa shape index (κ2) is 8.65. The fourth-order valence-electron chi connectivity index (χ4n) is 3.23. The highest BCUT2D eigenvalue weighted by Crippen LogP contribution is 2.41. The highest BCUT2D eigenvalue weighted by Gasteiger charge is 2.39. The molecule has 0 spiro atoms. The molecule has 0 aliphatic carbocycles. The summed E-state index contributed by atoms with van der Waals surface area (Å²) in [7, 11) is 0. The number of carbonyl (C=O) groups is 2. The van der Waals surface area contributed by atoms with Crippen molar-refractivity contribution in [2.24, 2.45) is 5.92 Å². The molecule has 2 aromatic rings. The molecular formula is C22H25ClN2O3. The Morgan fingerprint density at radius 1 is 1.21 bits per heavy atom. The number of rotatable bonds is 7. The van der Waals surface area contributed by atoms with Crippen molar-refractivity contribution in [2.75, 3.05) is 11.5 Å². The van der Waals surface area contributed by atoms with Gasteiger partial charge < -0.3 is 15.0 Å². The van der Waals surface area contributed by atoms with Gasteiger partial charge in [-0.3, -0.25) is 9.59 Å². The molecule has 1 atom stereocenters. The SMILES string of the molecule is CC(=O)NC1C(=O)N(Cc2ccc(OCCC(C)C)cc2)c2c(Cl)cccc21. The van der Waals surface area contributed by atoms with Gasteiger partial charge in [-0.1, -0.05) is 49.7 Å². The van der Waals surface area contributed by atoms with Crippen LogP contribution in [0.15, 0.2) is 42.5 Å². The van der Waals surface area contributed by atoms with Crippen LogP contribution >= 0.6 is 11.6 Å². The maximum absolute atomic E-state index is 13.0. The van der Waals surface area contributed by atoms with Gasteiger partial charge in [-0.2, -0.15) is 0 Å². The van der Waals surface area contributed by atoms with Crippen LogP contribution in [0.5, 0.6) is 5.75 Å². The van der Waals surface area contributed by atoms with Gasteiger partial charge in [-0.25, -0.2) is 0 Å². The monoisotopic (exact) mass is 400 g/mol. The molecule has 6 heteroatoms. The fourth-order valence-corrected chi connectivity index (χ4v) is 3.52. The zero-order chi connectivity index (χ0) is 20.3. The van der Waals surface area contributed by atoms with Gasteiger partial charge in [0.2, 0.25) is 5.91 Å². The molecule has 2 aromatic carbocycles. The predicted octanol–water partition coefficient (Wildman–Crippen LogP) is 4.49. The van der Waals surface area contributed by atoms with E-state index in [1.54, 1.807) is 17.0 Å². The number of fused-ring (bicyclic) bond motifs is 1. The first-order valence-corrected chi connectivity index (χ1v) is 9.83. The number of carbonyl (C=O) groups excluding carboxylic acids is 2. The van der Waals surface area contributed by atoms with Gasteiger partial charge in [-0.05, 0) is 36.1 Å². The number of hydrogen-bond acceptors (Lipinski definition) is 3. The molecule has 28 heavy (non-hydrogen) atoms. The van der Waals surface area contributed by atoms with Crippen molar-refractivity contribution in [3.05, 3.63) is 58.6 Å². The van der Waals surface area contributed by atoms with Crippen molar-refractivity contribution in [3.8, 4) is 5.75 Å². The van der Waals surface area contributed by atoms with Crippen molar-refractivity contribution in [2.45, 2.75) is 39.8 Å². The number of benzene rings is 2. The number of hydrogen-bond donors (Lipinski definition) is 1. The summed E-state index contributed by atoms with van der Waals surface area (Å²) in [5.41, 5.74) is 2.34. The van der Waals surface area contributed by atoms with E-state index in [0.717, 1.165) is 23.3 Å². The second-order valence-corrected chi connectivity index (χ2v) is 7.82. The van der Waals surface area contributed by atoms with Crippen LogP contribution in [0.4, 0.5) is 5.69 Å². The smallest absolute Gasteiger partial charge is 0.254 e. The highest BCUT2D eigenvalue weighted by atomic mass is 35.5. The van der Waals surface area contributed by atoms with E-state index in [0.29, 0.717) is 29.8 Å². The van der Waals surface area contributed by atoms with Crippen molar-refractivity contribution in [1.29, 1.82) is 0 Å². The maximum atomic E-state index is 13.0. The Morgan fingerprint density at radius 2 is 1.93 bits per heavy atom. The molecule has 148 valence electrons. The Balaban J connectivity index is 1.77. The van der Waals surface area contributed by atoms with Gasteiger partial charge in [0.05, 0.1) is 23.9 Å². The third-order valence-electron chi connectivity index (χ3n) is 4.69. The van der Waals surface area contributed by atoms with E-state index in [-0.39, 0.29) is 11.8 Å². The number of para-hydroxylation sites is 1. The predicted molar refractivity (Wildman–Crippen MR) is 111 cm³/mol. The van der Waals surface area contributed by atoms with Crippen LogP contribution < -0.4 is 15.0 Å². The zero-order valence-electron chi connectivity index (χ0n) is 16.4. The number of nitrogens with one attached hydrogen (secondary N) is 1. The van der Waals surface area contributed by atoms with Crippen LogP contribution in [-0.4, -0.2) is 18.4 Å². The quantitative estimate of drug-likeness (QED) is 0.744. The summed E-state index contributed by atoms with van der Waals surface area (Å²) in [6.45, 7) is 6.78. The van der Waals surface area contributed by atoms with Crippen LogP contribution in [0.25, 0.3) is 0 Å². The molecule has 0 saturated carbocycles. The van der Waals surface area contributed by atoms with Crippen molar-refractivity contribution in [1.82, 2.24) is 5.32 Å². The van der Waals surface area contributed by atoms with Crippen LogP contribution in [0.1, 0.15) is 44.4 Å². The lowest BCUT2D eigenvalue weighted by Crippen LogP contribution is -2.36. The molecule has 0 bridgehead atoms. The largest absolute Gasteiger partial charge is 0.494 e. The topological polar surface area (TPSA) is 58.6 Å². The number of ether oxygens (including phenoxy) is 1. The Morgan fingerprint density at radius 3 is 2.57 bits per heavy atom. The summed E-state index contributed by atoms with van der Waals surface area (Å²) >= 11 is 6.38. The Bertz CT molecular complexity index is 865. The minimum Gasteiger partial charge on any atom is -0.494 e. The molecule has 0 radical (unpaired) electrons. The molecule has 1 heterocycles. The molecule has 0 fully saturated rings. The number of nitrogens with zero attached hydrogens (tertiary/aromatic N) is 1. The Labute approximate surface area is 170 Å². The minimum absolute atomic E-state index is 0.185. The number of halogens is 1. The van der Waals surface area contributed by atoms with Gasteiger partial charge in [0.25, 0.3) is 5.91 Å². The third-order valence-corrected chi connectivity index (χ3v) is 4.99. The summed E-state index contributed by atoms with van der Waals surface area (Å²) in [5.74, 6) is 0.970. The van der Waals surface area contributed by atoms with Gasteiger partial charge in [-0.15, -0.1) is 0 Å². The lowest BCUT2D eigenvalue weighted by Gasteiger charge is -2.19. The van der Waals surface area contributed by atoms with Gasteiger partial charge in [0.15, 0.2) is 0 Å². The van der Waals surface area contributed by atoms with E-state index in [4.69, 9.17) is 16.3 Å². The molecule has 1 aliphatic rings. The van der Waals surface area contributed by atoms with Crippen molar-refractivity contribution < 1.29 is 14.3 Å². The van der Waals surface area contributed by atoms with Crippen LogP contribution in [0.3, 0.4) is 0 Å². The minimum atomic E-state index is -0.704. The Kier molecular flexibility index (Phi) is 6.25. The van der Waals surface area contributed by atoms with Crippen molar-refractivity contribution in [3.63, 3.8) is 0 Å². The standard InChI is InChI=1S/C22H25ClN2O3/c1-14(2)11-12-28-17-9-7-16(8-10-17)13-25-21-18(5-4-6-19(21)23)20(22(25)27)24-15(3)26/h4-10,14,20H,11-13H2,1-3H3,(H,24,26). The summed E-state index contributed by atoms with van der Waals surface area (Å²) in [6, 6.07) is 12.4. The highest BCUT2D eigenvalue weighted by molar-refractivity contribution is 6.34. The normalized spacial score (nSPS) is 15.7. The first-order valence-electron chi connectivity index (χ1n) is 9.45. The van der Waals surface area contributed by atoms with E-state index in [2.05, 4.69) is 19.2 Å². The molecule has 1 aliphatic heterocycles. The summed E-state index contributed by atoms with van der Waals surface area (Å²) in [4.78, 5) is 26.1. The molecule has 1 unspecified atom stereocenters. The van der Waals surface area contributed by atoms with E-state index >= 15 is 0 Å². The number of amides is 2. The molecule has 3 rings (SSSR count). The molecule has 5 nitrogen and oxygen atoms in total. The van der Waals surface area contributed by atoms with Crippen LogP contribution in [-0.2, 0) is 16.1 Å². The van der Waals surface area contributed by atoms with Crippen molar-refractivity contribution >= 4 is 29.1 Å². The van der Waals surface area contributed by atoms with E-state index in [1.165, 1.54) is 6.92 Å². The first-order chi connectivity index (χ1) is 13.4. The molecular weight excluding hydrogens is 376 g/mol. The lowest BCUT2D eigenvalue weighted by atomic mass is 10.1. The van der Waals surface area contributed by atoms with Gasteiger partial charge in [0, 0.05) is 12.5 Å². The van der Waals surface area contributed by atoms with Gasteiger partial charge >= 0.3 is 0 Å². The van der Waals surface area contributed by atoms with E-state index in [1.807, 2.05) is 30.3 Å². The molecule has 2 amide bonds. The molecule has 0 aromatic heterocycles. The average Bonchev–Trinajstić information content (AvgIpc) is 2.89. The fraction of sp³-hybridized carbons (Fsp3) is 0.364. The average molecular weight is 401 g/mol. The lowest BCUT2D eigenvalue weighted by molar-refractivity contribution is -0.126. The van der Waals surface area contributed by atoms with Crippen LogP contribution in [0.2, 0.25) is 5.02 Å².